The summed E-state index contributed by atoms with van der Waals surface area (Å²) in [6, 6.07) is 5.60. The second-order valence-electron chi connectivity index (χ2n) is 4.45. The van der Waals surface area contributed by atoms with E-state index < -0.39 is 0 Å². The Morgan fingerprint density at radius 2 is 2.25 bits per heavy atom. The van der Waals surface area contributed by atoms with E-state index in [4.69, 9.17) is 0 Å². The summed E-state index contributed by atoms with van der Waals surface area (Å²) < 4.78 is 1.79. The van der Waals surface area contributed by atoms with Crippen LogP contribution in [-0.2, 0) is 13.5 Å². The Morgan fingerprint density at radius 1 is 1.40 bits per heavy atom. The molecule has 2 rings (SSSR count). The molecule has 0 aliphatic carbocycles. The summed E-state index contributed by atoms with van der Waals surface area (Å²) in [7, 11) is 1.90. The number of aromatic nitrogens is 3. The van der Waals surface area contributed by atoms with Gasteiger partial charge in [-0.05, 0) is 25.1 Å². The van der Waals surface area contributed by atoms with E-state index in [1.807, 2.05) is 32.3 Å². The molecule has 0 spiro atoms. The Morgan fingerprint density at radius 3 is 2.95 bits per heavy atom. The van der Waals surface area contributed by atoms with Crippen molar-refractivity contribution in [2.45, 2.75) is 13.3 Å². The number of pyridine rings is 1. The summed E-state index contributed by atoms with van der Waals surface area (Å²) in [5, 5.41) is 10.3. The fraction of sp³-hybridized carbons (Fsp3) is 0.357. The fourth-order valence-electron chi connectivity index (χ4n) is 1.85. The van der Waals surface area contributed by atoms with Gasteiger partial charge in [-0.3, -0.25) is 14.5 Å². The van der Waals surface area contributed by atoms with Crippen LogP contribution in [0.4, 0.5) is 5.69 Å². The highest BCUT2D eigenvalue weighted by Gasteiger charge is 2.06. The molecule has 0 atom stereocenters. The second-order valence-corrected chi connectivity index (χ2v) is 4.45. The van der Waals surface area contributed by atoms with Crippen molar-refractivity contribution in [3.8, 4) is 0 Å². The zero-order valence-electron chi connectivity index (χ0n) is 11.8. The minimum atomic E-state index is -0.152. The normalized spacial score (nSPS) is 10.3. The Hall–Kier alpha value is -2.37. The van der Waals surface area contributed by atoms with Crippen molar-refractivity contribution in [3.05, 3.63) is 42.0 Å². The molecule has 0 saturated heterocycles. The maximum Gasteiger partial charge on any atom is 0.269 e. The Bertz CT molecular complexity index is 578. The molecule has 0 aromatic carbocycles. The average Bonchev–Trinajstić information content (AvgIpc) is 2.85. The molecule has 0 saturated carbocycles. The Kier molecular flexibility index (Phi) is 4.70. The van der Waals surface area contributed by atoms with E-state index in [1.54, 1.807) is 16.9 Å². The number of amides is 1. The lowest BCUT2D eigenvalue weighted by Gasteiger charge is -2.07. The summed E-state index contributed by atoms with van der Waals surface area (Å²) >= 11 is 0. The zero-order valence-corrected chi connectivity index (χ0v) is 11.8. The van der Waals surface area contributed by atoms with E-state index in [-0.39, 0.29) is 5.91 Å². The third-order valence-electron chi connectivity index (χ3n) is 2.81. The van der Waals surface area contributed by atoms with Crippen LogP contribution in [0.5, 0.6) is 0 Å². The van der Waals surface area contributed by atoms with Gasteiger partial charge in [0.05, 0.1) is 5.69 Å². The van der Waals surface area contributed by atoms with Crippen LogP contribution in [0.1, 0.15) is 23.1 Å². The lowest BCUT2D eigenvalue weighted by molar-refractivity contribution is 0.0951. The van der Waals surface area contributed by atoms with E-state index in [9.17, 15) is 4.79 Å². The van der Waals surface area contributed by atoms with Gasteiger partial charge in [-0.2, -0.15) is 5.10 Å². The number of nitrogens with one attached hydrogen (secondary N) is 2. The third-order valence-corrected chi connectivity index (χ3v) is 2.81. The number of anilines is 1. The lowest BCUT2D eigenvalue weighted by Crippen LogP contribution is -2.23. The highest BCUT2D eigenvalue weighted by molar-refractivity contribution is 5.93. The standard InChI is InChI=1S/C14H19N5O/c1-3-15-14(20)13-10-12(5-8-17-13)16-7-4-11-6-9-19(2)18-11/h5-6,8-10H,3-4,7H2,1-2H3,(H,15,20)(H,16,17). The van der Waals surface area contributed by atoms with Gasteiger partial charge in [0, 0.05) is 44.6 Å². The smallest absolute Gasteiger partial charge is 0.269 e. The average molecular weight is 273 g/mol. The van der Waals surface area contributed by atoms with Gasteiger partial charge in [0.1, 0.15) is 5.69 Å². The van der Waals surface area contributed by atoms with Gasteiger partial charge in [0.15, 0.2) is 0 Å². The minimum Gasteiger partial charge on any atom is -0.385 e. The number of nitrogens with zero attached hydrogens (tertiary/aromatic N) is 3. The van der Waals surface area contributed by atoms with Crippen molar-refractivity contribution in [2.24, 2.45) is 7.05 Å². The van der Waals surface area contributed by atoms with Crippen LogP contribution in [0.2, 0.25) is 0 Å². The number of carbonyl (C=O) groups excluding carboxylic acids is 1. The summed E-state index contributed by atoms with van der Waals surface area (Å²) in [6.07, 6.45) is 4.39. The number of rotatable bonds is 6. The lowest BCUT2D eigenvalue weighted by atomic mass is 10.2. The molecule has 6 heteroatoms. The van der Waals surface area contributed by atoms with Crippen LogP contribution in [0, 0.1) is 0 Å². The monoisotopic (exact) mass is 273 g/mol. The molecule has 0 fully saturated rings. The summed E-state index contributed by atoms with van der Waals surface area (Å²) in [5.41, 5.74) is 2.35. The summed E-state index contributed by atoms with van der Waals surface area (Å²) in [6.45, 7) is 3.24. The molecule has 2 N–H and O–H groups in total. The first kappa shape index (κ1) is 14.0. The molecule has 20 heavy (non-hydrogen) atoms. The number of aryl methyl sites for hydroxylation is 1. The van der Waals surface area contributed by atoms with Crippen molar-refractivity contribution in [1.82, 2.24) is 20.1 Å². The van der Waals surface area contributed by atoms with Crippen molar-refractivity contribution in [1.29, 1.82) is 0 Å². The van der Waals surface area contributed by atoms with Crippen LogP contribution in [0.25, 0.3) is 0 Å². The zero-order chi connectivity index (χ0) is 14.4. The molecule has 2 aromatic heterocycles. The van der Waals surface area contributed by atoms with Gasteiger partial charge >= 0.3 is 0 Å². The van der Waals surface area contributed by atoms with E-state index in [0.717, 1.165) is 24.3 Å². The predicted molar refractivity (Wildman–Crippen MR) is 77.6 cm³/mol. The molecule has 6 nitrogen and oxygen atoms in total. The minimum absolute atomic E-state index is 0.152. The molecule has 0 bridgehead atoms. The SMILES string of the molecule is CCNC(=O)c1cc(NCCc2ccn(C)n2)ccn1. The number of carbonyl (C=O) groups is 1. The second kappa shape index (κ2) is 6.70. The number of hydrogen-bond donors (Lipinski definition) is 2. The summed E-state index contributed by atoms with van der Waals surface area (Å²) in [4.78, 5) is 15.7. The van der Waals surface area contributed by atoms with Crippen LogP contribution < -0.4 is 10.6 Å². The first-order valence-electron chi connectivity index (χ1n) is 6.65. The molecule has 0 aliphatic heterocycles. The first-order valence-corrected chi connectivity index (χ1v) is 6.65. The Labute approximate surface area is 118 Å². The molecule has 2 aromatic rings. The molecular weight excluding hydrogens is 254 g/mol. The maximum atomic E-state index is 11.7. The highest BCUT2D eigenvalue weighted by atomic mass is 16.1. The van der Waals surface area contributed by atoms with Crippen LogP contribution >= 0.6 is 0 Å². The van der Waals surface area contributed by atoms with E-state index in [2.05, 4.69) is 20.7 Å². The molecule has 1 amide bonds. The fourth-order valence-corrected chi connectivity index (χ4v) is 1.85. The van der Waals surface area contributed by atoms with Crippen molar-refractivity contribution >= 4 is 11.6 Å². The van der Waals surface area contributed by atoms with Gasteiger partial charge in [-0.1, -0.05) is 0 Å². The van der Waals surface area contributed by atoms with Gasteiger partial charge in [-0.25, -0.2) is 0 Å². The van der Waals surface area contributed by atoms with Crippen LogP contribution in [-0.4, -0.2) is 33.8 Å². The van der Waals surface area contributed by atoms with Gasteiger partial charge in [0.25, 0.3) is 5.91 Å². The molecule has 0 radical (unpaired) electrons. The topological polar surface area (TPSA) is 71.8 Å². The van der Waals surface area contributed by atoms with Crippen molar-refractivity contribution in [3.63, 3.8) is 0 Å². The largest absolute Gasteiger partial charge is 0.385 e. The van der Waals surface area contributed by atoms with Gasteiger partial charge in [0.2, 0.25) is 0 Å². The van der Waals surface area contributed by atoms with Crippen LogP contribution in [0.15, 0.2) is 30.6 Å². The van der Waals surface area contributed by atoms with E-state index in [1.165, 1.54) is 0 Å². The first-order chi connectivity index (χ1) is 9.69. The molecular formula is C14H19N5O. The molecule has 0 unspecified atom stereocenters. The quantitative estimate of drug-likeness (QED) is 0.830. The van der Waals surface area contributed by atoms with Gasteiger partial charge in [-0.15, -0.1) is 0 Å². The van der Waals surface area contributed by atoms with Crippen molar-refractivity contribution in [2.75, 3.05) is 18.4 Å². The van der Waals surface area contributed by atoms with Crippen molar-refractivity contribution < 1.29 is 4.79 Å². The van der Waals surface area contributed by atoms with Gasteiger partial charge < -0.3 is 10.6 Å². The maximum absolute atomic E-state index is 11.7. The third kappa shape index (κ3) is 3.81. The van der Waals surface area contributed by atoms with E-state index in [0.29, 0.717) is 12.2 Å². The molecule has 2 heterocycles. The molecule has 0 aliphatic rings. The highest BCUT2D eigenvalue weighted by Crippen LogP contribution is 2.08. The summed E-state index contributed by atoms with van der Waals surface area (Å²) in [5.74, 6) is -0.152. The Balaban J connectivity index is 1.89. The predicted octanol–water partition coefficient (Wildman–Crippen LogP) is 1.22. The molecule has 106 valence electrons. The van der Waals surface area contributed by atoms with Crippen LogP contribution in [0.3, 0.4) is 0 Å². The number of hydrogen-bond acceptors (Lipinski definition) is 4. The van der Waals surface area contributed by atoms with E-state index >= 15 is 0 Å².